The first-order chi connectivity index (χ1) is 10.1. The minimum absolute atomic E-state index is 0.165. The van der Waals surface area contributed by atoms with Gasteiger partial charge in [0.1, 0.15) is 0 Å². The molecule has 0 amide bonds. The van der Waals surface area contributed by atoms with Gasteiger partial charge < -0.3 is 19.9 Å². The van der Waals surface area contributed by atoms with Crippen molar-refractivity contribution >= 4 is 0 Å². The molecule has 118 valence electrons. The number of nitrogens with two attached hydrogens (primary N) is 1. The molecule has 3 atom stereocenters. The van der Waals surface area contributed by atoms with E-state index in [0.717, 1.165) is 30.2 Å². The SMILES string of the molecule is COc1ccc([C@@H](CN)N2C[C@H](C)O[C@@H](C)C2)cc1OC. The van der Waals surface area contributed by atoms with Gasteiger partial charge in [0.15, 0.2) is 11.5 Å². The van der Waals surface area contributed by atoms with Crippen molar-refractivity contribution < 1.29 is 14.2 Å². The Morgan fingerprint density at radius 3 is 2.33 bits per heavy atom. The van der Waals surface area contributed by atoms with Crippen LogP contribution in [0, 0.1) is 0 Å². The van der Waals surface area contributed by atoms with Crippen molar-refractivity contribution in [3.8, 4) is 11.5 Å². The minimum atomic E-state index is 0.165. The van der Waals surface area contributed by atoms with Gasteiger partial charge in [-0.3, -0.25) is 4.90 Å². The second-order valence-electron chi connectivity index (χ2n) is 5.58. The highest BCUT2D eigenvalue weighted by Gasteiger charge is 2.28. The van der Waals surface area contributed by atoms with Crippen LogP contribution in [0.1, 0.15) is 25.5 Å². The van der Waals surface area contributed by atoms with Gasteiger partial charge in [-0.25, -0.2) is 0 Å². The quantitative estimate of drug-likeness (QED) is 0.897. The summed E-state index contributed by atoms with van der Waals surface area (Å²) in [6.45, 7) is 6.55. The van der Waals surface area contributed by atoms with E-state index in [9.17, 15) is 0 Å². The van der Waals surface area contributed by atoms with Crippen molar-refractivity contribution in [3.63, 3.8) is 0 Å². The molecule has 0 aromatic heterocycles. The van der Waals surface area contributed by atoms with Crippen LogP contribution in [-0.4, -0.2) is 51.0 Å². The lowest BCUT2D eigenvalue weighted by atomic mass is 10.0. The van der Waals surface area contributed by atoms with E-state index in [1.54, 1.807) is 14.2 Å². The zero-order valence-corrected chi connectivity index (χ0v) is 13.3. The molecule has 0 bridgehead atoms. The number of methoxy groups -OCH3 is 2. The van der Waals surface area contributed by atoms with Crippen LogP contribution in [0.15, 0.2) is 18.2 Å². The lowest BCUT2D eigenvalue weighted by Gasteiger charge is -2.40. The summed E-state index contributed by atoms with van der Waals surface area (Å²) < 4.78 is 16.5. The van der Waals surface area contributed by atoms with E-state index in [1.165, 1.54) is 0 Å². The Hall–Kier alpha value is -1.30. The van der Waals surface area contributed by atoms with E-state index in [1.807, 2.05) is 12.1 Å². The van der Waals surface area contributed by atoms with Crippen LogP contribution >= 0.6 is 0 Å². The maximum Gasteiger partial charge on any atom is 0.161 e. The van der Waals surface area contributed by atoms with E-state index >= 15 is 0 Å². The molecule has 21 heavy (non-hydrogen) atoms. The largest absolute Gasteiger partial charge is 0.493 e. The predicted molar refractivity (Wildman–Crippen MR) is 82.9 cm³/mol. The molecule has 1 aromatic rings. The molecular formula is C16H26N2O3. The summed E-state index contributed by atoms with van der Waals surface area (Å²) >= 11 is 0. The molecule has 0 aliphatic carbocycles. The lowest BCUT2D eigenvalue weighted by Crippen LogP contribution is -2.48. The highest BCUT2D eigenvalue weighted by molar-refractivity contribution is 5.44. The summed E-state index contributed by atoms with van der Waals surface area (Å²) in [6, 6.07) is 6.17. The molecule has 1 aromatic carbocycles. The maximum atomic E-state index is 6.03. The molecule has 1 heterocycles. The zero-order chi connectivity index (χ0) is 15.4. The van der Waals surface area contributed by atoms with Crippen molar-refractivity contribution in [1.29, 1.82) is 0 Å². The Bertz CT molecular complexity index is 457. The van der Waals surface area contributed by atoms with Crippen LogP contribution in [0.25, 0.3) is 0 Å². The molecule has 2 rings (SSSR count). The number of morpholine rings is 1. The summed E-state index contributed by atoms with van der Waals surface area (Å²) in [5, 5.41) is 0. The third-order valence-electron chi connectivity index (χ3n) is 3.90. The van der Waals surface area contributed by atoms with Gasteiger partial charge in [-0.05, 0) is 31.5 Å². The van der Waals surface area contributed by atoms with E-state index in [-0.39, 0.29) is 18.2 Å². The first-order valence-electron chi connectivity index (χ1n) is 7.40. The zero-order valence-electron chi connectivity index (χ0n) is 13.3. The molecule has 1 aliphatic heterocycles. The number of nitrogens with zero attached hydrogens (tertiary/aromatic N) is 1. The Morgan fingerprint density at radius 1 is 1.19 bits per heavy atom. The normalized spacial score (nSPS) is 24.6. The highest BCUT2D eigenvalue weighted by atomic mass is 16.5. The molecule has 0 unspecified atom stereocenters. The Balaban J connectivity index is 2.24. The monoisotopic (exact) mass is 294 g/mol. The second-order valence-corrected chi connectivity index (χ2v) is 5.58. The van der Waals surface area contributed by atoms with Crippen molar-refractivity contribution in [1.82, 2.24) is 4.90 Å². The Labute approximate surface area is 127 Å². The summed E-state index contributed by atoms with van der Waals surface area (Å²) in [7, 11) is 3.29. The third-order valence-corrected chi connectivity index (χ3v) is 3.90. The van der Waals surface area contributed by atoms with Crippen LogP contribution in [0.5, 0.6) is 11.5 Å². The molecular weight excluding hydrogens is 268 g/mol. The van der Waals surface area contributed by atoms with Gasteiger partial charge in [-0.15, -0.1) is 0 Å². The van der Waals surface area contributed by atoms with Gasteiger partial charge in [-0.1, -0.05) is 6.07 Å². The van der Waals surface area contributed by atoms with Crippen molar-refractivity contribution in [2.45, 2.75) is 32.1 Å². The first-order valence-corrected chi connectivity index (χ1v) is 7.40. The maximum absolute atomic E-state index is 6.03. The Kier molecular flexibility index (Phi) is 5.45. The van der Waals surface area contributed by atoms with Gasteiger partial charge in [0.05, 0.1) is 26.4 Å². The topological polar surface area (TPSA) is 57.0 Å². The van der Waals surface area contributed by atoms with Crippen LogP contribution in [0.2, 0.25) is 0 Å². The second kappa shape index (κ2) is 7.11. The van der Waals surface area contributed by atoms with Crippen molar-refractivity contribution in [3.05, 3.63) is 23.8 Å². The number of benzene rings is 1. The van der Waals surface area contributed by atoms with Gasteiger partial charge >= 0.3 is 0 Å². The average Bonchev–Trinajstić information content (AvgIpc) is 2.46. The predicted octanol–water partition coefficient (Wildman–Crippen LogP) is 1.81. The van der Waals surface area contributed by atoms with E-state index < -0.39 is 0 Å². The molecule has 5 heteroatoms. The fourth-order valence-corrected chi connectivity index (χ4v) is 3.03. The molecule has 1 aliphatic rings. The number of hydrogen-bond acceptors (Lipinski definition) is 5. The Morgan fingerprint density at radius 2 is 1.81 bits per heavy atom. The lowest BCUT2D eigenvalue weighted by molar-refractivity contribution is -0.0799. The average molecular weight is 294 g/mol. The molecule has 2 N–H and O–H groups in total. The van der Waals surface area contributed by atoms with Crippen LogP contribution in [0.4, 0.5) is 0 Å². The molecule has 0 radical (unpaired) electrons. The molecule has 0 spiro atoms. The summed E-state index contributed by atoms with van der Waals surface area (Å²) in [5.41, 5.74) is 7.18. The van der Waals surface area contributed by atoms with Crippen molar-refractivity contribution in [2.75, 3.05) is 33.9 Å². The molecule has 5 nitrogen and oxygen atoms in total. The first kappa shape index (κ1) is 16.1. The number of rotatable bonds is 5. The summed E-state index contributed by atoms with van der Waals surface area (Å²) in [5.74, 6) is 1.48. The van der Waals surface area contributed by atoms with Gasteiger partial charge in [-0.2, -0.15) is 0 Å². The van der Waals surface area contributed by atoms with Crippen LogP contribution in [-0.2, 0) is 4.74 Å². The van der Waals surface area contributed by atoms with Crippen LogP contribution in [0.3, 0.4) is 0 Å². The van der Waals surface area contributed by atoms with Gasteiger partial charge in [0, 0.05) is 25.7 Å². The van der Waals surface area contributed by atoms with Gasteiger partial charge in [0.2, 0.25) is 0 Å². The summed E-state index contributed by atoms with van der Waals surface area (Å²) in [4.78, 5) is 2.39. The molecule has 1 saturated heterocycles. The van der Waals surface area contributed by atoms with E-state index in [2.05, 4.69) is 24.8 Å². The van der Waals surface area contributed by atoms with E-state index in [4.69, 9.17) is 19.9 Å². The number of ether oxygens (including phenoxy) is 3. The minimum Gasteiger partial charge on any atom is -0.493 e. The molecule has 1 fully saturated rings. The van der Waals surface area contributed by atoms with Gasteiger partial charge in [0.25, 0.3) is 0 Å². The van der Waals surface area contributed by atoms with Crippen LogP contribution < -0.4 is 15.2 Å². The van der Waals surface area contributed by atoms with Crippen molar-refractivity contribution in [2.24, 2.45) is 5.73 Å². The standard InChI is InChI=1S/C16H26N2O3/c1-11-9-18(10-12(2)21-11)14(8-17)13-5-6-15(19-3)16(7-13)20-4/h5-7,11-12,14H,8-10,17H2,1-4H3/t11-,12-,14+/m0/s1. The molecule has 0 saturated carbocycles. The third kappa shape index (κ3) is 3.67. The smallest absolute Gasteiger partial charge is 0.161 e. The highest BCUT2D eigenvalue weighted by Crippen LogP contribution is 2.32. The summed E-state index contributed by atoms with van der Waals surface area (Å²) in [6.07, 6.45) is 0.450. The fourth-order valence-electron chi connectivity index (χ4n) is 3.03. The fraction of sp³-hybridized carbons (Fsp3) is 0.625. The number of hydrogen-bond donors (Lipinski definition) is 1. The van der Waals surface area contributed by atoms with E-state index in [0.29, 0.717) is 6.54 Å².